The third-order valence-electron chi connectivity index (χ3n) is 1.98. The summed E-state index contributed by atoms with van der Waals surface area (Å²) in [5, 5.41) is 18.7. The summed E-state index contributed by atoms with van der Waals surface area (Å²) in [6.45, 7) is 2.61. The first-order valence-corrected chi connectivity index (χ1v) is 5.58. The molecule has 7 heteroatoms. The van der Waals surface area contributed by atoms with Crippen LogP contribution in [0, 0.1) is 11.3 Å². The Balaban J connectivity index is 2.53. The molecule has 0 atom stereocenters. The van der Waals surface area contributed by atoms with Gasteiger partial charge < -0.3 is 11.1 Å². The van der Waals surface area contributed by atoms with Gasteiger partial charge in [-0.15, -0.1) is 16.4 Å². The normalized spacial score (nSPS) is 10.0. The maximum atomic E-state index is 9.00. The summed E-state index contributed by atoms with van der Waals surface area (Å²) in [6.07, 6.45) is 1.67. The van der Waals surface area contributed by atoms with Gasteiger partial charge in [-0.05, 0) is 6.92 Å². The fraction of sp³-hybridized carbons (Fsp3) is 0.222. The van der Waals surface area contributed by atoms with E-state index in [-0.39, 0.29) is 0 Å². The van der Waals surface area contributed by atoms with Gasteiger partial charge in [-0.25, -0.2) is 4.98 Å². The van der Waals surface area contributed by atoms with E-state index in [9.17, 15) is 0 Å². The van der Waals surface area contributed by atoms with Crippen molar-refractivity contribution < 1.29 is 0 Å². The summed E-state index contributed by atoms with van der Waals surface area (Å²) in [5.74, 6) is 0.811. The molecule has 0 aliphatic rings. The van der Waals surface area contributed by atoms with E-state index in [2.05, 4.69) is 15.4 Å². The zero-order chi connectivity index (χ0) is 11.5. The molecule has 6 nitrogen and oxygen atoms in total. The topological polar surface area (TPSA) is 92.6 Å². The number of thiazole rings is 1. The molecule has 2 aromatic heterocycles. The van der Waals surface area contributed by atoms with Crippen molar-refractivity contribution in [3.05, 3.63) is 17.1 Å². The molecular weight excluding hydrogens is 224 g/mol. The highest BCUT2D eigenvalue weighted by Crippen LogP contribution is 2.24. The van der Waals surface area contributed by atoms with Crippen LogP contribution >= 0.6 is 11.3 Å². The number of nitrogens with zero attached hydrogens (tertiary/aromatic N) is 4. The Bertz CT molecular complexity index is 521. The predicted molar refractivity (Wildman–Crippen MR) is 62.5 cm³/mol. The Morgan fingerprint density at radius 1 is 1.69 bits per heavy atom. The molecule has 2 heterocycles. The molecule has 0 saturated heterocycles. The van der Waals surface area contributed by atoms with Crippen molar-refractivity contribution in [1.82, 2.24) is 14.8 Å². The zero-order valence-electron chi connectivity index (χ0n) is 8.64. The molecule has 2 rings (SSSR count). The van der Waals surface area contributed by atoms with Crippen LogP contribution < -0.4 is 11.1 Å². The van der Waals surface area contributed by atoms with Crippen LogP contribution in [0.2, 0.25) is 0 Å². The van der Waals surface area contributed by atoms with Crippen molar-refractivity contribution in [3.63, 3.8) is 0 Å². The average molecular weight is 234 g/mol. The van der Waals surface area contributed by atoms with E-state index in [0.717, 1.165) is 0 Å². The first kappa shape index (κ1) is 10.4. The highest BCUT2D eigenvalue weighted by molar-refractivity contribution is 7.12. The van der Waals surface area contributed by atoms with Gasteiger partial charge in [0, 0.05) is 18.1 Å². The molecular formula is C9H10N6S. The Labute approximate surface area is 96.3 Å². The van der Waals surface area contributed by atoms with Gasteiger partial charge in [0.1, 0.15) is 17.5 Å². The van der Waals surface area contributed by atoms with Crippen LogP contribution in [0.5, 0.6) is 0 Å². The number of anilines is 2. The molecule has 0 radical (unpaired) electrons. The molecule has 16 heavy (non-hydrogen) atoms. The second-order valence-corrected chi connectivity index (χ2v) is 3.85. The van der Waals surface area contributed by atoms with Crippen molar-refractivity contribution in [2.75, 3.05) is 17.6 Å². The lowest BCUT2D eigenvalue weighted by Gasteiger charge is -1.96. The summed E-state index contributed by atoms with van der Waals surface area (Å²) in [5.41, 5.74) is 6.20. The summed E-state index contributed by atoms with van der Waals surface area (Å²) in [7, 11) is 0. The van der Waals surface area contributed by atoms with Crippen LogP contribution in [0.15, 0.2) is 11.6 Å². The van der Waals surface area contributed by atoms with Gasteiger partial charge in [0.15, 0.2) is 5.82 Å². The Morgan fingerprint density at radius 3 is 3.06 bits per heavy atom. The van der Waals surface area contributed by atoms with Crippen LogP contribution in [-0.2, 0) is 0 Å². The summed E-state index contributed by atoms with van der Waals surface area (Å²) in [4.78, 5) is 4.10. The lowest BCUT2D eigenvalue weighted by Crippen LogP contribution is -2.02. The van der Waals surface area contributed by atoms with Gasteiger partial charge >= 0.3 is 0 Å². The smallest absolute Gasteiger partial charge is 0.212 e. The number of nitrogen functional groups attached to an aromatic ring is 1. The average Bonchev–Trinajstić information content (AvgIpc) is 2.87. The maximum Gasteiger partial charge on any atom is 0.212 e. The monoisotopic (exact) mass is 234 g/mol. The molecule has 0 saturated carbocycles. The van der Waals surface area contributed by atoms with Gasteiger partial charge in [0.25, 0.3) is 0 Å². The summed E-state index contributed by atoms with van der Waals surface area (Å²) >= 11 is 1.41. The van der Waals surface area contributed by atoms with E-state index in [1.165, 1.54) is 16.0 Å². The number of hydrogen-bond donors (Lipinski definition) is 2. The third-order valence-corrected chi connectivity index (χ3v) is 2.72. The van der Waals surface area contributed by atoms with Gasteiger partial charge in [-0.3, -0.25) is 0 Å². The highest BCUT2D eigenvalue weighted by Gasteiger charge is 2.16. The van der Waals surface area contributed by atoms with E-state index in [1.807, 2.05) is 18.4 Å². The fourth-order valence-corrected chi connectivity index (χ4v) is 1.90. The van der Waals surface area contributed by atoms with E-state index in [1.54, 1.807) is 6.20 Å². The van der Waals surface area contributed by atoms with Crippen LogP contribution in [-0.4, -0.2) is 21.3 Å². The number of aromatic nitrogens is 3. The van der Waals surface area contributed by atoms with Crippen LogP contribution in [0.25, 0.3) is 5.13 Å². The van der Waals surface area contributed by atoms with E-state index in [0.29, 0.717) is 28.9 Å². The van der Waals surface area contributed by atoms with Gasteiger partial charge in [0.05, 0.1) is 0 Å². The fourth-order valence-electron chi connectivity index (χ4n) is 1.30. The van der Waals surface area contributed by atoms with Crippen molar-refractivity contribution >= 4 is 23.0 Å². The largest absolute Gasteiger partial charge is 0.382 e. The minimum atomic E-state index is 0.313. The number of nitriles is 1. The summed E-state index contributed by atoms with van der Waals surface area (Å²) < 4.78 is 1.47. The second kappa shape index (κ2) is 4.20. The Kier molecular flexibility index (Phi) is 2.74. The first-order valence-electron chi connectivity index (χ1n) is 4.70. The minimum absolute atomic E-state index is 0.313. The van der Waals surface area contributed by atoms with E-state index < -0.39 is 0 Å². The number of nitrogens with two attached hydrogens (primary N) is 1. The van der Waals surface area contributed by atoms with Gasteiger partial charge in [-0.1, -0.05) is 0 Å². The van der Waals surface area contributed by atoms with Gasteiger partial charge in [-0.2, -0.15) is 9.94 Å². The Hall–Kier alpha value is -2.07. The molecule has 0 unspecified atom stereocenters. The predicted octanol–water partition coefficient (Wildman–Crippen LogP) is 1.21. The third kappa shape index (κ3) is 1.59. The van der Waals surface area contributed by atoms with E-state index >= 15 is 0 Å². The van der Waals surface area contributed by atoms with Crippen molar-refractivity contribution in [2.24, 2.45) is 0 Å². The summed E-state index contributed by atoms with van der Waals surface area (Å²) in [6, 6.07) is 2.04. The van der Waals surface area contributed by atoms with Crippen LogP contribution in [0.1, 0.15) is 12.5 Å². The molecule has 0 spiro atoms. The number of nitrogens with one attached hydrogen (secondary N) is 1. The van der Waals surface area contributed by atoms with Crippen molar-refractivity contribution in [3.8, 4) is 11.2 Å². The second-order valence-electron chi connectivity index (χ2n) is 2.98. The standard InChI is InChI=1S/C9H10N6S/c1-2-12-8-6(5-10)7(11)15(14-8)9-13-3-4-16-9/h3-4H,2,11H2,1H3,(H,12,14). The van der Waals surface area contributed by atoms with Crippen LogP contribution in [0.4, 0.5) is 11.6 Å². The zero-order valence-corrected chi connectivity index (χ0v) is 9.45. The molecule has 3 N–H and O–H groups in total. The molecule has 82 valence electrons. The molecule has 0 amide bonds. The molecule has 0 aliphatic carbocycles. The van der Waals surface area contributed by atoms with E-state index in [4.69, 9.17) is 11.0 Å². The maximum absolute atomic E-state index is 9.00. The first-order chi connectivity index (χ1) is 7.77. The SMILES string of the molecule is CCNc1nn(-c2nccs2)c(N)c1C#N. The lowest BCUT2D eigenvalue weighted by molar-refractivity contribution is 0.879. The van der Waals surface area contributed by atoms with Crippen molar-refractivity contribution in [2.45, 2.75) is 6.92 Å². The lowest BCUT2D eigenvalue weighted by atomic mass is 10.3. The Morgan fingerprint density at radius 2 is 2.50 bits per heavy atom. The van der Waals surface area contributed by atoms with Crippen LogP contribution in [0.3, 0.4) is 0 Å². The van der Waals surface area contributed by atoms with Gasteiger partial charge in [0.2, 0.25) is 5.13 Å². The molecule has 0 aliphatic heterocycles. The highest BCUT2D eigenvalue weighted by atomic mass is 32.1. The number of hydrogen-bond acceptors (Lipinski definition) is 6. The molecule has 0 aromatic carbocycles. The molecule has 0 bridgehead atoms. The minimum Gasteiger partial charge on any atom is -0.382 e. The van der Waals surface area contributed by atoms with Crippen molar-refractivity contribution in [1.29, 1.82) is 5.26 Å². The quantitative estimate of drug-likeness (QED) is 0.832. The molecule has 0 fully saturated rings. The molecule has 2 aromatic rings. The number of rotatable bonds is 3.